The van der Waals surface area contributed by atoms with Crippen LogP contribution in [0.15, 0.2) is 78.5 Å². The molecule has 154 valence electrons. The molecule has 4 rings (SSSR count). The average molecular weight is 436 g/mol. The largest absolute Gasteiger partial charge is 0.507 e. The maximum Gasteiger partial charge on any atom is 0.301 e. The summed E-state index contributed by atoms with van der Waals surface area (Å²) in [5, 5.41) is 22.4. The number of carbonyl (C=O) groups is 2. The van der Waals surface area contributed by atoms with Crippen molar-refractivity contribution in [2.45, 2.75) is 6.04 Å². The van der Waals surface area contributed by atoms with Gasteiger partial charge in [-0.2, -0.15) is 0 Å². The number of anilines is 1. The van der Waals surface area contributed by atoms with E-state index in [1.165, 1.54) is 47.5 Å². The van der Waals surface area contributed by atoms with Crippen molar-refractivity contribution in [3.63, 3.8) is 0 Å². The summed E-state index contributed by atoms with van der Waals surface area (Å²) in [4.78, 5) is 41.7. The number of benzene rings is 2. The third-order valence-electron chi connectivity index (χ3n) is 4.88. The third-order valence-corrected chi connectivity index (χ3v) is 5.13. The number of Topliss-reactive ketones (excluding diaryl/α,β-unsaturated/α-hetero) is 1. The molecule has 1 N–H and O–H groups in total. The zero-order valence-corrected chi connectivity index (χ0v) is 16.6. The van der Waals surface area contributed by atoms with E-state index in [-0.39, 0.29) is 22.8 Å². The van der Waals surface area contributed by atoms with Crippen LogP contribution < -0.4 is 4.90 Å². The number of nitro benzene ring substituents is 1. The van der Waals surface area contributed by atoms with E-state index in [4.69, 9.17) is 11.6 Å². The molecule has 1 saturated heterocycles. The molecule has 1 fully saturated rings. The summed E-state index contributed by atoms with van der Waals surface area (Å²) in [6.07, 6.45) is 1.47. The summed E-state index contributed by atoms with van der Waals surface area (Å²) in [6.45, 7) is 0. The topological polar surface area (TPSA) is 114 Å². The lowest BCUT2D eigenvalue weighted by Gasteiger charge is -2.24. The zero-order chi connectivity index (χ0) is 22.1. The SMILES string of the molecule is O=C1C(=O)N(c2ccccn2)[C@H](c2ccc([N+](=O)[O-])cc2)C1=C(O)c1ccc(Cl)cc1. The van der Waals surface area contributed by atoms with Gasteiger partial charge in [0.2, 0.25) is 0 Å². The number of carbonyl (C=O) groups excluding carboxylic acids is 2. The highest BCUT2D eigenvalue weighted by Crippen LogP contribution is 2.41. The Bertz CT molecular complexity index is 1210. The summed E-state index contributed by atoms with van der Waals surface area (Å²) in [5.41, 5.74) is 0.421. The molecule has 31 heavy (non-hydrogen) atoms. The molecule has 2 aromatic carbocycles. The van der Waals surface area contributed by atoms with Gasteiger partial charge in [0.25, 0.3) is 11.5 Å². The van der Waals surface area contributed by atoms with Crippen LogP contribution in [-0.2, 0) is 9.59 Å². The van der Waals surface area contributed by atoms with Gasteiger partial charge in [-0.05, 0) is 54.1 Å². The molecule has 0 radical (unpaired) electrons. The van der Waals surface area contributed by atoms with Crippen LogP contribution in [0, 0.1) is 10.1 Å². The minimum atomic E-state index is -1.02. The lowest BCUT2D eigenvalue weighted by atomic mass is 9.95. The molecule has 0 spiro atoms. The number of nitrogens with zero attached hydrogens (tertiary/aromatic N) is 3. The van der Waals surface area contributed by atoms with Crippen LogP contribution in [0.4, 0.5) is 11.5 Å². The van der Waals surface area contributed by atoms with Gasteiger partial charge in [-0.3, -0.25) is 24.6 Å². The van der Waals surface area contributed by atoms with Crippen LogP contribution in [0.1, 0.15) is 17.2 Å². The first-order valence-electron chi connectivity index (χ1n) is 9.11. The molecule has 8 nitrogen and oxygen atoms in total. The van der Waals surface area contributed by atoms with Gasteiger partial charge in [0.15, 0.2) is 0 Å². The van der Waals surface area contributed by atoms with Gasteiger partial charge in [-0.15, -0.1) is 0 Å². The Morgan fingerprint density at radius 2 is 1.71 bits per heavy atom. The molecule has 3 aromatic rings. The van der Waals surface area contributed by atoms with Crippen LogP contribution in [0.2, 0.25) is 5.02 Å². The highest BCUT2D eigenvalue weighted by atomic mass is 35.5. The van der Waals surface area contributed by atoms with Gasteiger partial charge in [0, 0.05) is 28.9 Å². The van der Waals surface area contributed by atoms with E-state index in [1.54, 1.807) is 30.3 Å². The summed E-state index contributed by atoms with van der Waals surface area (Å²) in [7, 11) is 0. The van der Waals surface area contributed by atoms with E-state index >= 15 is 0 Å². The highest BCUT2D eigenvalue weighted by molar-refractivity contribution is 6.51. The van der Waals surface area contributed by atoms with E-state index in [2.05, 4.69) is 4.98 Å². The fraction of sp³-hybridized carbons (Fsp3) is 0.0455. The molecule has 9 heteroatoms. The van der Waals surface area contributed by atoms with Crippen LogP contribution in [0.3, 0.4) is 0 Å². The Kier molecular flexibility index (Phi) is 5.22. The standard InChI is InChI=1S/C22H14ClN3O5/c23-15-8-4-14(5-9-15)20(27)18-19(13-6-10-16(11-7-13)26(30)31)25(22(29)21(18)28)17-3-1-2-12-24-17/h1-12,19,27H/t19-/m1/s1. The van der Waals surface area contributed by atoms with Crippen molar-refractivity contribution in [3.8, 4) is 0 Å². The fourth-order valence-corrected chi connectivity index (χ4v) is 3.55. The second-order valence-corrected chi connectivity index (χ2v) is 7.15. The number of hydrogen-bond acceptors (Lipinski definition) is 6. The first-order chi connectivity index (χ1) is 14.9. The number of ketones is 1. The summed E-state index contributed by atoms with van der Waals surface area (Å²) in [6, 6.07) is 15.4. The van der Waals surface area contributed by atoms with Gasteiger partial charge in [0.05, 0.1) is 16.5 Å². The Morgan fingerprint density at radius 1 is 1.03 bits per heavy atom. The molecule has 0 bridgehead atoms. The van der Waals surface area contributed by atoms with Crippen molar-refractivity contribution in [3.05, 3.63) is 105 Å². The maximum atomic E-state index is 13.0. The molecule has 0 unspecified atom stereocenters. The molecule has 1 aromatic heterocycles. The molecule has 1 atom stereocenters. The second-order valence-electron chi connectivity index (χ2n) is 6.71. The van der Waals surface area contributed by atoms with Gasteiger partial charge < -0.3 is 5.11 Å². The number of rotatable bonds is 4. The van der Waals surface area contributed by atoms with Crippen LogP contribution >= 0.6 is 11.6 Å². The molecule has 1 aliphatic rings. The van der Waals surface area contributed by atoms with E-state index in [0.717, 1.165) is 0 Å². The van der Waals surface area contributed by atoms with Crippen LogP contribution in [0.5, 0.6) is 0 Å². The van der Waals surface area contributed by atoms with Crippen molar-refractivity contribution in [2.24, 2.45) is 0 Å². The first kappa shape index (κ1) is 20.2. The monoisotopic (exact) mass is 435 g/mol. The predicted octanol–water partition coefficient (Wildman–Crippen LogP) is 4.27. The normalized spacial score (nSPS) is 17.7. The Hall–Kier alpha value is -4.04. The van der Waals surface area contributed by atoms with Gasteiger partial charge in [-0.25, -0.2) is 4.98 Å². The number of pyridine rings is 1. The quantitative estimate of drug-likeness (QED) is 0.215. The number of non-ortho nitro benzene ring substituents is 1. The number of halogens is 1. The number of nitro groups is 1. The Morgan fingerprint density at radius 3 is 2.29 bits per heavy atom. The Balaban J connectivity index is 1.92. The summed E-state index contributed by atoms with van der Waals surface area (Å²) >= 11 is 5.91. The lowest BCUT2D eigenvalue weighted by Crippen LogP contribution is -2.30. The van der Waals surface area contributed by atoms with Crippen molar-refractivity contribution in [2.75, 3.05) is 4.90 Å². The van der Waals surface area contributed by atoms with Crippen molar-refractivity contribution in [1.82, 2.24) is 4.98 Å². The minimum Gasteiger partial charge on any atom is -0.507 e. The Labute approximate surface area is 181 Å². The zero-order valence-electron chi connectivity index (χ0n) is 15.8. The molecule has 1 amide bonds. The number of aromatic nitrogens is 1. The van der Waals surface area contributed by atoms with Crippen LogP contribution in [-0.4, -0.2) is 26.7 Å². The number of aliphatic hydroxyl groups is 1. The molecular formula is C22H14ClN3O5. The fourth-order valence-electron chi connectivity index (χ4n) is 3.42. The minimum absolute atomic E-state index is 0.142. The van der Waals surface area contributed by atoms with E-state index in [9.17, 15) is 24.8 Å². The van der Waals surface area contributed by atoms with E-state index < -0.39 is 22.7 Å². The second kappa shape index (κ2) is 8.00. The molecule has 2 heterocycles. The smallest absolute Gasteiger partial charge is 0.301 e. The van der Waals surface area contributed by atoms with Crippen LogP contribution in [0.25, 0.3) is 5.76 Å². The lowest BCUT2D eigenvalue weighted by molar-refractivity contribution is -0.384. The van der Waals surface area contributed by atoms with Gasteiger partial charge in [0.1, 0.15) is 11.6 Å². The van der Waals surface area contributed by atoms with E-state index in [0.29, 0.717) is 16.1 Å². The number of hydrogen-bond donors (Lipinski definition) is 1. The molecule has 0 saturated carbocycles. The highest BCUT2D eigenvalue weighted by Gasteiger charge is 2.47. The van der Waals surface area contributed by atoms with Gasteiger partial charge in [-0.1, -0.05) is 17.7 Å². The van der Waals surface area contributed by atoms with Crippen molar-refractivity contribution in [1.29, 1.82) is 0 Å². The molecular weight excluding hydrogens is 422 g/mol. The van der Waals surface area contributed by atoms with Crippen molar-refractivity contribution < 1.29 is 19.6 Å². The third kappa shape index (κ3) is 3.64. The molecule has 1 aliphatic heterocycles. The number of aliphatic hydroxyl groups excluding tert-OH is 1. The van der Waals surface area contributed by atoms with E-state index in [1.807, 2.05) is 0 Å². The van der Waals surface area contributed by atoms with Crippen molar-refractivity contribution >= 4 is 40.6 Å². The number of amides is 1. The summed E-state index contributed by atoms with van der Waals surface area (Å²) < 4.78 is 0. The first-order valence-corrected chi connectivity index (χ1v) is 9.48. The maximum absolute atomic E-state index is 13.0. The van der Waals surface area contributed by atoms with Gasteiger partial charge >= 0.3 is 5.91 Å². The predicted molar refractivity (Wildman–Crippen MR) is 114 cm³/mol. The average Bonchev–Trinajstić information content (AvgIpc) is 3.05. The molecule has 0 aliphatic carbocycles. The summed E-state index contributed by atoms with van der Waals surface area (Å²) in [5.74, 6) is -1.92.